The Morgan fingerprint density at radius 2 is 1.06 bits per heavy atom. The van der Waals surface area contributed by atoms with Crippen LogP contribution in [0.3, 0.4) is 0 Å². The molecule has 15 rings (SSSR count). The van der Waals surface area contributed by atoms with Crippen LogP contribution in [0.15, 0.2) is 191 Å². The fraction of sp³-hybridized carbons (Fsp3) is 0.0816. The van der Waals surface area contributed by atoms with Crippen molar-refractivity contribution in [3.05, 3.63) is 204 Å². The number of ketones is 1. The molecule has 0 radical (unpaired) electrons. The van der Waals surface area contributed by atoms with E-state index in [0.717, 1.165) is 0 Å². The summed E-state index contributed by atoms with van der Waals surface area (Å²) in [6, 6.07) is 35.6. The zero-order valence-electron chi connectivity index (χ0n) is 32.7. The lowest BCUT2D eigenvalue weighted by Crippen LogP contribution is -2.36. The third-order valence-electron chi connectivity index (χ3n) is 11.5. The van der Waals surface area contributed by atoms with Gasteiger partial charge in [-0.25, -0.2) is 16.8 Å². The summed E-state index contributed by atoms with van der Waals surface area (Å²) in [7, 11) is -8.50. The number of rotatable bonds is 8. The second-order valence-corrected chi connectivity index (χ2v) is 19.7. The van der Waals surface area contributed by atoms with Gasteiger partial charge in [0.05, 0.1) is 20.9 Å². The number of hydrogen-bond donors (Lipinski definition) is 2. The molecule has 11 nitrogen and oxygen atoms in total. The van der Waals surface area contributed by atoms with Gasteiger partial charge < -0.3 is 30.4 Å². The van der Waals surface area contributed by atoms with Crippen LogP contribution < -0.4 is 30.4 Å². The zero-order chi connectivity index (χ0) is 42.9. The van der Waals surface area contributed by atoms with Gasteiger partial charge in [-0.1, -0.05) is 48.6 Å². The van der Waals surface area contributed by atoms with Crippen molar-refractivity contribution in [1.82, 2.24) is 0 Å². The van der Waals surface area contributed by atoms with Crippen LogP contribution in [0.25, 0.3) is 0 Å². The number of fused-ring (bicyclic) bond motifs is 2. The van der Waals surface area contributed by atoms with Gasteiger partial charge in [0, 0.05) is 29.1 Å². The Labute approximate surface area is 357 Å². The Hall–Kier alpha value is -7.35. The molecule has 0 saturated carbocycles. The molecule has 62 heavy (non-hydrogen) atoms. The molecule has 8 bridgehead atoms. The maximum atomic E-state index is 15.2. The van der Waals surface area contributed by atoms with Crippen LogP contribution in [0.2, 0.25) is 0 Å². The molecule has 2 unspecified atom stereocenters. The molecule has 13 heteroatoms. The molecular formula is C49H36N2O9S2. The molecule has 0 amide bonds. The van der Waals surface area contributed by atoms with Gasteiger partial charge in [-0.2, -0.15) is 0 Å². The lowest BCUT2D eigenvalue weighted by molar-refractivity contribution is 0.103. The molecule has 0 aromatic heterocycles. The molecule has 2 aliphatic carbocycles. The first-order chi connectivity index (χ1) is 29.8. The molecule has 308 valence electrons. The first-order valence-corrected chi connectivity index (χ1v) is 22.6. The van der Waals surface area contributed by atoms with E-state index in [0.29, 0.717) is 45.7 Å². The van der Waals surface area contributed by atoms with E-state index in [4.69, 9.17) is 30.4 Å². The number of hydrogen-bond acceptors (Lipinski definition) is 11. The maximum absolute atomic E-state index is 15.2. The number of allylic oxidation sites excluding steroid dienone is 4. The summed E-state index contributed by atoms with van der Waals surface area (Å²) in [4.78, 5) is 14.6. The summed E-state index contributed by atoms with van der Waals surface area (Å²) in [6.07, 6.45) is 9.61. The normalized spacial score (nSPS) is 19.7. The van der Waals surface area contributed by atoms with E-state index in [2.05, 4.69) is 0 Å². The molecule has 6 aromatic rings. The largest absolute Gasteiger partial charge is 0.457 e. The van der Waals surface area contributed by atoms with Gasteiger partial charge in [0.15, 0.2) is 25.5 Å². The second kappa shape index (κ2) is 14.4. The Morgan fingerprint density at radius 3 is 1.58 bits per heavy atom. The van der Waals surface area contributed by atoms with Crippen molar-refractivity contribution < 1.29 is 40.6 Å². The number of nitrogen functional groups attached to an aromatic ring is 2. The maximum Gasteiger partial charge on any atom is 0.196 e. The van der Waals surface area contributed by atoms with E-state index < -0.39 is 35.0 Å². The number of nitrogens with two attached hydrogens (primary N) is 2. The number of carbonyl (C=O) groups is 1. The van der Waals surface area contributed by atoms with Crippen LogP contribution in [0, 0.1) is 0 Å². The number of sulfone groups is 2. The van der Waals surface area contributed by atoms with Crippen molar-refractivity contribution >= 4 is 36.8 Å². The monoisotopic (exact) mass is 860 g/mol. The van der Waals surface area contributed by atoms with Crippen molar-refractivity contribution in [1.29, 1.82) is 0 Å². The molecule has 7 heterocycles. The lowest BCUT2D eigenvalue weighted by Gasteiger charge is -2.34. The van der Waals surface area contributed by atoms with E-state index in [-0.39, 0.29) is 56.6 Å². The predicted molar refractivity (Wildman–Crippen MR) is 234 cm³/mol. The van der Waals surface area contributed by atoms with E-state index in [1.807, 2.05) is 0 Å². The fourth-order valence-electron chi connectivity index (χ4n) is 8.31. The summed E-state index contributed by atoms with van der Waals surface area (Å²) in [5, 5.41) is 0. The Morgan fingerprint density at radius 1 is 0.548 bits per heavy atom. The molecule has 6 aromatic carbocycles. The number of benzene rings is 6. The highest BCUT2D eigenvalue weighted by molar-refractivity contribution is 7.93. The Bertz CT molecular complexity index is 3190. The van der Waals surface area contributed by atoms with Gasteiger partial charge in [0.1, 0.15) is 55.5 Å². The smallest absolute Gasteiger partial charge is 0.196 e. The van der Waals surface area contributed by atoms with Crippen molar-refractivity contribution in [3.8, 4) is 34.5 Å². The highest BCUT2D eigenvalue weighted by atomic mass is 32.2. The Kier molecular flexibility index (Phi) is 9.01. The number of anilines is 2. The minimum Gasteiger partial charge on any atom is -0.457 e. The fourth-order valence-corrected chi connectivity index (χ4v) is 12.1. The lowest BCUT2D eigenvalue weighted by atomic mass is 9.86. The summed E-state index contributed by atoms with van der Waals surface area (Å²) in [5.74, 6) is 2.17. The topological polar surface area (TPSA) is 174 Å². The summed E-state index contributed by atoms with van der Waals surface area (Å²) >= 11 is 0. The molecular weight excluding hydrogens is 825 g/mol. The first-order valence-electron chi connectivity index (χ1n) is 19.6. The predicted octanol–water partition coefficient (Wildman–Crippen LogP) is 9.48. The highest BCUT2D eigenvalue weighted by Gasteiger charge is 2.52. The van der Waals surface area contributed by atoms with Crippen molar-refractivity contribution in [2.24, 2.45) is 0 Å². The minimum atomic E-state index is -4.33. The Balaban J connectivity index is 1.05. The molecule has 0 fully saturated rings. The first kappa shape index (κ1) is 38.8. The van der Waals surface area contributed by atoms with Crippen LogP contribution in [0.1, 0.15) is 39.9 Å². The third-order valence-corrected chi connectivity index (χ3v) is 16.3. The van der Waals surface area contributed by atoms with E-state index in [9.17, 15) is 13.2 Å². The van der Waals surface area contributed by atoms with Gasteiger partial charge in [-0.05, 0) is 128 Å². The molecule has 9 aliphatic rings. The van der Waals surface area contributed by atoms with Crippen molar-refractivity contribution in [2.45, 2.75) is 32.1 Å². The SMILES string of the molecule is Nc1cccc(Oc2ccc(S(=O)(=O)C34C=CC(=CC3)Oc3ccc(c5c3C3(S(=O)(=O)c6ccc(Oc7cccc(N)c7)cc6)C=CC(=CC3)O5)C(=O)c3ccc4cc3)cc2)c1. The molecule has 2 atom stereocenters. The molecule has 0 spiro atoms. The quantitative estimate of drug-likeness (QED) is 0.140. The van der Waals surface area contributed by atoms with Crippen molar-refractivity contribution in [2.75, 3.05) is 11.5 Å². The second-order valence-electron chi connectivity index (χ2n) is 15.3. The van der Waals surface area contributed by atoms with E-state index >= 15 is 8.42 Å². The van der Waals surface area contributed by atoms with Gasteiger partial charge in [-0.3, -0.25) is 4.79 Å². The van der Waals surface area contributed by atoms with Crippen LogP contribution in [-0.4, -0.2) is 22.6 Å². The van der Waals surface area contributed by atoms with Gasteiger partial charge >= 0.3 is 0 Å². The summed E-state index contributed by atoms with van der Waals surface area (Å²) in [5.41, 5.74) is 13.8. The number of carbonyl (C=O) groups excluding carboxylic acids is 1. The van der Waals surface area contributed by atoms with E-state index in [1.54, 1.807) is 146 Å². The average Bonchev–Trinajstić information content (AvgIpc) is 3.56. The summed E-state index contributed by atoms with van der Waals surface area (Å²) < 4.78 is 81.5. The molecule has 4 N–H and O–H groups in total. The van der Waals surface area contributed by atoms with Crippen LogP contribution in [-0.2, 0) is 29.2 Å². The minimum absolute atomic E-state index is 0.00410. The van der Waals surface area contributed by atoms with Crippen LogP contribution in [0.5, 0.6) is 34.5 Å². The zero-order valence-corrected chi connectivity index (χ0v) is 34.4. The highest BCUT2D eigenvalue weighted by Crippen LogP contribution is 2.55. The molecule has 7 aliphatic heterocycles. The molecule has 0 saturated heterocycles. The number of ether oxygens (including phenoxy) is 4. The van der Waals surface area contributed by atoms with Crippen LogP contribution >= 0.6 is 0 Å². The van der Waals surface area contributed by atoms with Crippen LogP contribution in [0.4, 0.5) is 11.4 Å². The van der Waals surface area contributed by atoms with Crippen molar-refractivity contribution in [3.63, 3.8) is 0 Å². The summed E-state index contributed by atoms with van der Waals surface area (Å²) in [6.45, 7) is 0. The van der Waals surface area contributed by atoms with Gasteiger partial charge in [0.2, 0.25) is 0 Å². The third kappa shape index (κ3) is 6.27. The van der Waals surface area contributed by atoms with Gasteiger partial charge in [0.25, 0.3) is 0 Å². The van der Waals surface area contributed by atoms with E-state index in [1.165, 1.54) is 24.3 Å². The van der Waals surface area contributed by atoms with Gasteiger partial charge in [-0.15, -0.1) is 0 Å². The standard InChI is InChI=1S/C49H36N2O9S2/c50-33-3-1-5-39(29-33)57-35-11-15-41(16-12-35)61(53,54)48-25-21-37(22-26-48)59-44-20-19-43(46(52)31-7-9-32(48)10-8-31)47-45(44)49(27-23-38(60-47)24-28-49)62(55,56)42-17-13-36(14-18-42)58-40-6-2-4-34(51)30-40/h1-25,27,29-30H,26,28,50-51H2. The average molecular weight is 861 g/mol.